The molecule has 5 heteroatoms. The van der Waals surface area contributed by atoms with Gasteiger partial charge in [0.2, 0.25) is 5.91 Å². The number of ether oxygens (including phenoxy) is 1. The first-order valence-electron chi connectivity index (χ1n) is 10.2. The Hall–Kier alpha value is -2.82. The fraction of sp³-hybridized carbons (Fsp3) is 0.417. The van der Waals surface area contributed by atoms with Gasteiger partial charge in [0.1, 0.15) is 11.6 Å². The Kier molecular flexibility index (Phi) is 6.57. The van der Waals surface area contributed by atoms with E-state index < -0.39 is 17.7 Å². The van der Waals surface area contributed by atoms with Crippen molar-refractivity contribution in [3.05, 3.63) is 71.8 Å². The number of carbonyl (C=O) groups is 2. The van der Waals surface area contributed by atoms with Crippen LogP contribution in [0.5, 0.6) is 0 Å². The molecule has 2 unspecified atom stereocenters. The lowest BCUT2D eigenvalue weighted by Crippen LogP contribution is -2.56. The van der Waals surface area contributed by atoms with Crippen LogP contribution in [0.4, 0.5) is 4.79 Å². The van der Waals surface area contributed by atoms with Crippen LogP contribution in [0.1, 0.15) is 50.7 Å². The van der Waals surface area contributed by atoms with Crippen LogP contribution in [0, 0.1) is 0 Å². The van der Waals surface area contributed by atoms with E-state index in [0.717, 1.165) is 24.0 Å². The Labute approximate surface area is 173 Å². The standard InChI is InChI=1S/C24H30N2O3/c1-24(2,3)29-23(28)26-16-10-15-20(19-13-8-5-9-14-19)21(26)22(27)25-17-18-11-6-4-7-12-18/h4-9,11-14,20-21H,10,15-17H2,1-3H3,(H,25,27). The first kappa shape index (κ1) is 20.9. The molecule has 1 aliphatic heterocycles. The molecule has 1 saturated heterocycles. The van der Waals surface area contributed by atoms with Crippen molar-refractivity contribution in [3.63, 3.8) is 0 Å². The number of benzene rings is 2. The molecule has 0 radical (unpaired) electrons. The predicted octanol–water partition coefficient (Wildman–Crippen LogP) is 4.49. The van der Waals surface area contributed by atoms with Crippen molar-refractivity contribution in [1.29, 1.82) is 0 Å². The molecule has 1 heterocycles. The Morgan fingerprint density at radius 2 is 1.66 bits per heavy atom. The third-order valence-corrected chi connectivity index (χ3v) is 5.06. The van der Waals surface area contributed by atoms with E-state index in [4.69, 9.17) is 4.74 Å². The van der Waals surface area contributed by atoms with Crippen molar-refractivity contribution in [2.24, 2.45) is 0 Å². The third-order valence-electron chi connectivity index (χ3n) is 5.06. The van der Waals surface area contributed by atoms with E-state index in [9.17, 15) is 9.59 Å². The summed E-state index contributed by atoms with van der Waals surface area (Å²) < 4.78 is 5.61. The van der Waals surface area contributed by atoms with E-state index in [1.807, 2.05) is 81.4 Å². The van der Waals surface area contributed by atoms with Crippen molar-refractivity contribution >= 4 is 12.0 Å². The summed E-state index contributed by atoms with van der Waals surface area (Å²) in [5.41, 5.74) is 1.49. The molecule has 2 amide bonds. The van der Waals surface area contributed by atoms with E-state index in [2.05, 4.69) is 5.32 Å². The molecule has 0 spiro atoms. The van der Waals surface area contributed by atoms with E-state index in [-0.39, 0.29) is 11.8 Å². The molecule has 0 saturated carbocycles. The number of likely N-dealkylation sites (tertiary alicyclic amines) is 1. The van der Waals surface area contributed by atoms with Gasteiger partial charge in [0.05, 0.1) is 0 Å². The van der Waals surface area contributed by atoms with Crippen LogP contribution in [0.2, 0.25) is 0 Å². The van der Waals surface area contributed by atoms with E-state index >= 15 is 0 Å². The highest BCUT2D eigenvalue weighted by Gasteiger charge is 2.41. The molecule has 154 valence electrons. The first-order valence-corrected chi connectivity index (χ1v) is 10.2. The molecule has 29 heavy (non-hydrogen) atoms. The maximum absolute atomic E-state index is 13.3. The van der Waals surface area contributed by atoms with Gasteiger partial charge in [0, 0.05) is 19.0 Å². The fourth-order valence-corrected chi connectivity index (χ4v) is 3.78. The summed E-state index contributed by atoms with van der Waals surface area (Å²) in [4.78, 5) is 27.8. The molecular weight excluding hydrogens is 364 g/mol. The topological polar surface area (TPSA) is 58.6 Å². The van der Waals surface area contributed by atoms with Gasteiger partial charge in [-0.25, -0.2) is 4.79 Å². The number of amides is 2. The molecule has 1 aliphatic rings. The molecule has 1 N–H and O–H groups in total. The van der Waals surface area contributed by atoms with Crippen molar-refractivity contribution in [3.8, 4) is 0 Å². The van der Waals surface area contributed by atoms with E-state index in [1.165, 1.54) is 0 Å². The summed E-state index contributed by atoms with van der Waals surface area (Å²) in [6.45, 7) is 6.47. The average Bonchev–Trinajstić information content (AvgIpc) is 2.71. The second-order valence-electron chi connectivity index (χ2n) is 8.48. The number of nitrogens with zero attached hydrogens (tertiary/aromatic N) is 1. The maximum atomic E-state index is 13.3. The monoisotopic (exact) mass is 394 g/mol. The number of hydrogen-bond donors (Lipinski definition) is 1. The number of nitrogens with one attached hydrogen (secondary N) is 1. The molecule has 0 aromatic heterocycles. The zero-order valence-corrected chi connectivity index (χ0v) is 17.4. The highest BCUT2D eigenvalue weighted by atomic mass is 16.6. The van der Waals surface area contributed by atoms with Gasteiger partial charge in [-0.3, -0.25) is 9.69 Å². The molecule has 0 aliphatic carbocycles. The molecule has 2 aromatic carbocycles. The molecule has 3 rings (SSSR count). The summed E-state index contributed by atoms with van der Waals surface area (Å²) in [6, 6.07) is 19.2. The lowest BCUT2D eigenvalue weighted by molar-refractivity contribution is -0.128. The Morgan fingerprint density at radius 3 is 2.28 bits per heavy atom. The fourth-order valence-electron chi connectivity index (χ4n) is 3.78. The van der Waals surface area contributed by atoms with Gasteiger partial charge < -0.3 is 10.1 Å². The number of carbonyl (C=O) groups excluding carboxylic acids is 2. The highest BCUT2D eigenvalue weighted by Crippen LogP contribution is 2.33. The van der Waals surface area contributed by atoms with Gasteiger partial charge in [-0.15, -0.1) is 0 Å². The van der Waals surface area contributed by atoms with Crippen molar-refractivity contribution in [2.45, 2.75) is 57.7 Å². The molecule has 1 fully saturated rings. The summed E-state index contributed by atoms with van der Waals surface area (Å²) >= 11 is 0. The van der Waals surface area contributed by atoms with Crippen molar-refractivity contribution in [1.82, 2.24) is 10.2 Å². The molecule has 2 aromatic rings. The van der Waals surface area contributed by atoms with Crippen LogP contribution >= 0.6 is 0 Å². The SMILES string of the molecule is CC(C)(C)OC(=O)N1CCCC(c2ccccc2)C1C(=O)NCc1ccccc1. The summed E-state index contributed by atoms with van der Waals surface area (Å²) in [5, 5.41) is 3.03. The lowest BCUT2D eigenvalue weighted by atomic mass is 9.83. The zero-order valence-electron chi connectivity index (χ0n) is 17.4. The Balaban J connectivity index is 1.84. The van der Waals surface area contributed by atoms with Gasteiger partial charge in [0.25, 0.3) is 0 Å². The van der Waals surface area contributed by atoms with Crippen molar-refractivity contribution < 1.29 is 14.3 Å². The number of rotatable bonds is 4. The van der Waals surface area contributed by atoms with Crippen LogP contribution < -0.4 is 5.32 Å². The van der Waals surface area contributed by atoms with Crippen LogP contribution in [0.15, 0.2) is 60.7 Å². The molecule has 5 nitrogen and oxygen atoms in total. The average molecular weight is 395 g/mol. The smallest absolute Gasteiger partial charge is 0.410 e. The third kappa shape index (κ3) is 5.59. The van der Waals surface area contributed by atoms with Crippen LogP contribution in [-0.2, 0) is 16.1 Å². The van der Waals surface area contributed by atoms with Crippen molar-refractivity contribution in [2.75, 3.05) is 6.54 Å². The van der Waals surface area contributed by atoms with Crippen LogP contribution in [0.25, 0.3) is 0 Å². The highest BCUT2D eigenvalue weighted by molar-refractivity contribution is 5.87. The molecule has 2 atom stereocenters. The second kappa shape index (κ2) is 9.12. The predicted molar refractivity (Wildman–Crippen MR) is 113 cm³/mol. The number of hydrogen-bond acceptors (Lipinski definition) is 3. The summed E-state index contributed by atoms with van der Waals surface area (Å²) in [7, 11) is 0. The van der Waals surface area contributed by atoms with Gasteiger partial charge in [-0.1, -0.05) is 60.7 Å². The Morgan fingerprint density at radius 1 is 1.03 bits per heavy atom. The first-order chi connectivity index (χ1) is 13.8. The minimum absolute atomic E-state index is 0.0618. The zero-order chi connectivity index (χ0) is 20.9. The van der Waals surface area contributed by atoms with Gasteiger partial charge in [0.15, 0.2) is 0 Å². The van der Waals surface area contributed by atoms with Gasteiger partial charge in [-0.05, 0) is 44.7 Å². The minimum atomic E-state index is -0.609. The molecular formula is C24H30N2O3. The minimum Gasteiger partial charge on any atom is -0.444 e. The van der Waals surface area contributed by atoms with E-state index in [1.54, 1.807) is 4.90 Å². The maximum Gasteiger partial charge on any atom is 0.410 e. The quantitative estimate of drug-likeness (QED) is 0.831. The normalized spacial score (nSPS) is 19.5. The number of piperidine rings is 1. The lowest BCUT2D eigenvalue weighted by Gasteiger charge is -2.41. The van der Waals surface area contributed by atoms with Crippen LogP contribution in [-0.4, -0.2) is 35.1 Å². The largest absolute Gasteiger partial charge is 0.444 e. The summed E-state index contributed by atoms with van der Waals surface area (Å²) in [5.74, 6) is -0.207. The van der Waals surface area contributed by atoms with E-state index in [0.29, 0.717) is 13.1 Å². The van der Waals surface area contributed by atoms with Crippen LogP contribution in [0.3, 0.4) is 0 Å². The second-order valence-corrected chi connectivity index (χ2v) is 8.48. The summed E-state index contributed by atoms with van der Waals surface area (Å²) in [6.07, 6.45) is 1.26. The van der Waals surface area contributed by atoms with Gasteiger partial charge in [-0.2, -0.15) is 0 Å². The molecule has 0 bridgehead atoms. The van der Waals surface area contributed by atoms with Gasteiger partial charge >= 0.3 is 6.09 Å². The Bertz CT molecular complexity index is 815.